The van der Waals surface area contributed by atoms with Crippen molar-refractivity contribution in [1.82, 2.24) is 14.9 Å². The third-order valence-corrected chi connectivity index (χ3v) is 8.36. The second kappa shape index (κ2) is 7.44. The molecular formula is C25H29N3O3S. The molecule has 3 heterocycles. The van der Waals surface area contributed by atoms with Crippen LogP contribution < -0.4 is 4.74 Å². The zero-order valence-electron chi connectivity index (χ0n) is 19.1. The summed E-state index contributed by atoms with van der Waals surface area (Å²) in [6, 6.07) is 5.67. The Morgan fingerprint density at radius 2 is 1.97 bits per heavy atom. The van der Waals surface area contributed by atoms with Crippen LogP contribution in [0.2, 0.25) is 0 Å². The molecule has 168 valence electrons. The number of benzene rings is 1. The fraction of sp³-hybridized carbons (Fsp3) is 0.480. The van der Waals surface area contributed by atoms with Gasteiger partial charge >= 0.3 is 0 Å². The van der Waals surface area contributed by atoms with Crippen LogP contribution in [0.25, 0.3) is 10.9 Å². The lowest BCUT2D eigenvalue weighted by Gasteiger charge is -2.43. The van der Waals surface area contributed by atoms with Crippen molar-refractivity contribution < 1.29 is 14.3 Å². The monoisotopic (exact) mass is 451 g/mol. The maximum Gasteiger partial charge on any atom is 0.254 e. The van der Waals surface area contributed by atoms with Gasteiger partial charge in [0.2, 0.25) is 0 Å². The van der Waals surface area contributed by atoms with Crippen molar-refractivity contribution in [1.29, 1.82) is 0 Å². The van der Waals surface area contributed by atoms with E-state index in [2.05, 4.69) is 25.8 Å². The molecule has 6 nitrogen and oxygen atoms in total. The molecule has 1 saturated heterocycles. The standard InChI is InChI=1S/C25H29N3O3S/c1-24(2,3)23-27-21-18(29)13-25(14-20(21)32-23)6-9-28(10-7-25)22(30)15-11-17-16(5-8-26-17)19(12-15)31-4/h5,8,11-12,26H,6-7,9-10,13-14H2,1-4H3. The second-order valence-electron chi connectivity index (χ2n) is 10.2. The lowest BCUT2D eigenvalue weighted by Crippen LogP contribution is -2.46. The van der Waals surface area contributed by atoms with E-state index in [0.717, 1.165) is 40.1 Å². The van der Waals surface area contributed by atoms with Gasteiger partial charge in [-0.15, -0.1) is 11.3 Å². The zero-order chi connectivity index (χ0) is 22.7. The average molecular weight is 452 g/mol. The van der Waals surface area contributed by atoms with Gasteiger partial charge in [0.05, 0.1) is 12.1 Å². The number of thiazole rings is 1. The van der Waals surface area contributed by atoms with Gasteiger partial charge in [-0.25, -0.2) is 4.98 Å². The molecule has 5 rings (SSSR count). The zero-order valence-corrected chi connectivity index (χ0v) is 19.9. The maximum absolute atomic E-state index is 13.3. The van der Waals surface area contributed by atoms with Gasteiger partial charge in [0.25, 0.3) is 5.91 Å². The molecule has 1 fully saturated rings. The number of likely N-dealkylation sites (tertiary alicyclic amines) is 1. The third kappa shape index (κ3) is 3.52. The normalized spacial score (nSPS) is 18.2. The highest BCUT2D eigenvalue weighted by molar-refractivity contribution is 7.12. The van der Waals surface area contributed by atoms with E-state index in [4.69, 9.17) is 9.72 Å². The number of rotatable bonds is 2. The minimum absolute atomic E-state index is 0.0188. The smallest absolute Gasteiger partial charge is 0.254 e. The first-order valence-electron chi connectivity index (χ1n) is 11.2. The number of aromatic amines is 1. The minimum atomic E-state index is -0.0519. The quantitative estimate of drug-likeness (QED) is 0.596. The lowest BCUT2D eigenvalue weighted by molar-refractivity contribution is 0.0522. The molecule has 32 heavy (non-hydrogen) atoms. The first kappa shape index (κ1) is 21.2. The Balaban J connectivity index is 1.33. The van der Waals surface area contributed by atoms with Crippen molar-refractivity contribution in [3.05, 3.63) is 45.5 Å². The summed E-state index contributed by atoms with van der Waals surface area (Å²) in [7, 11) is 1.62. The molecule has 7 heteroatoms. The number of fused-ring (bicyclic) bond motifs is 2. The van der Waals surface area contributed by atoms with Gasteiger partial charge < -0.3 is 14.6 Å². The number of amides is 1. The number of methoxy groups -OCH3 is 1. The molecule has 1 N–H and O–H groups in total. The number of ketones is 1. The topological polar surface area (TPSA) is 75.3 Å². The number of nitrogens with zero attached hydrogens (tertiary/aromatic N) is 2. The summed E-state index contributed by atoms with van der Waals surface area (Å²) in [5, 5.41) is 2.01. The predicted octanol–water partition coefficient (Wildman–Crippen LogP) is 4.98. The third-order valence-electron chi connectivity index (χ3n) is 6.88. The number of carbonyl (C=O) groups excluding carboxylic acids is 2. The molecule has 2 aromatic heterocycles. The van der Waals surface area contributed by atoms with Crippen LogP contribution in [-0.4, -0.2) is 46.8 Å². The molecular weight excluding hydrogens is 422 g/mol. The molecule has 1 spiro atoms. The summed E-state index contributed by atoms with van der Waals surface area (Å²) in [4.78, 5) is 37.1. The number of ether oxygens (including phenoxy) is 1. The van der Waals surface area contributed by atoms with Crippen LogP contribution in [0.15, 0.2) is 24.4 Å². The summed E-state index contributed by atoms with van der Waals surface area (Å²) in [5.41, 5.74) is 2.12. The van der Waals surface area contributed by atoms with Crippen LogP contribution in [0, 0.1) is 5.41 Å². The molecule has 1 aliphatic heterocycles. The molecule has 0 atom stereocenters. The number of carbonyl (C=O) groups is 2. The van der Waals surface area contributed by atoms with Gasteiger partial charge in [-0.3, -0.25) is 9.59 Å². The predicted molar refractivity (Wildman–Crippen MR) is 126 cm³/mol. The second-order valence-corrected chi connectivity index (χ2v) is 11.3. The summed E-state index contributed by atoms with van der Waals surface area (Å²) in [6.07, 6.45) is 4.97. The van der Waals surface area contributed by atoms with Crippen molar-refractivity contribution in [3.63, 3.8) is 0 Å². The Bertz CT molecular complexity index is 1210. The van der Waals surface area contributed by atoms with E-state index in [9.17, 15) is 9.59 Å². The van der Waals surface area contributed by atoms with Crippen molar-refractivity contribution in [2.24, 2.45) is 5.41 Å². The first-order chi connectivity index (χ1) is 15.2. The lowest BCUT2D eigenvalue weighted by atomic mass is 9.68. The Labute approximate surface area is 192 Å². The fourth-order valence-electron chi connectivity index (χ4n) is 4.98. The molecule has 0 bridgehead atoms. The molecule has 0 unspecified atom stereocenters. The Hall–Kier alpha value is -2.67. The number of piperidine rings is 1. The van der Waals surface area contributed by atoms with Gasteiger partial charge in [0.15, 0.2) is 5.78 Å². The summed E-state index contributed by atoms with van der Waals surface area (Å²) in [6.45, 7) is 7.75. The van der Waals surface area contributed by atoms with Crippen molar-refractivity contribution in [2.75, 3.05) is 20.2 Å². The maximum atomic E-state index is 13.3. The molecule has 1 aliphatic carbocycles. The van der Waals surface area contributed by atoms with E-state index in [-0.39, 0.29) is 22.5 Å². The van der Waals surface area contributed by atoms with Gasteiger partial charge in [-0.1, -0.05) is 20.8 Å². The van der Waals surface area contributed by atoms with E-state index >= 15 is 0 Å². The molecule has 3 aromatic rings. The number of hydrogen-bond donors (Lipinski definition) is 1. The van der Waals surface area contributed by atoms with Crippen molar-refractivity contribution in [2.45, 2.75) is 51.9 Å². The van der Waals surface area contributed by atoms with E-state index in [1.807, 2.05) is 29.3 Å². The van der Waals surface area contributed by atoms with Crippen LogP contribution >= 0.6 is 11.3 Å². The van der Waals surface area contributed by atoms with Gasteiger partial charge in [-0.2, -0.15) is 0 Å². The molecule has 1 amide bonds. The van der Waals surface area contributed by atoms with Gasteiger partial charge in [-0.05, 0) is 42.9 Å². The highest BCUT2D eigenvalue weighted by atomic mass is 32.1. The van der Waals surface area contributed by atoms with E-state index < -0.39 is 0 Å². The largest absolute Gasteiger partial charge is 0.496 e. The van der Waals surface area contributed by atoms with E-state index in [1.54, 1.807) is 18.4 Å². The Kier molecular flexibility index (Phi) is 4.93. The van der Waals surface area contributed by atoms with Crippen molar-refractivity contribution >= 4 is 33.9 Å². The first-order valence-corrected chi connectivity index (χ1v) is 12.0. The van der Waals surface area contributed by atoms with Crippen LogP contribution in [0.4, 0.5) is 0 Å². The average Bonchev–Trinajstić information content (AvgIpc) is 3.40. The molecule has 0 radical (unpaired) electrons. The van der Waals surface area contributed by atoms with Crippen LogP contribution in [0.3, 0.4) is 0 Å². The number of nitrogens with one attached hydrogen (secondary N) is 1. The Morgan fingerprint density at radius 1 is 1.22 bits per heavy atom. The highest BCUT2D eigenvalue weighted by Gasteiger charge is 2.44. The van der Waals surface area contributed by atoms with E-state index in [0.29, 0.717) is 36.5 Å². The van der Waals surface area contributed by atoms with Gasteiger partial charge in [0.1, 0.15) is 11.4 Å². The molecule has 2 aliphatic rings. The van der Waals surface area contributed by atoms with Crippen LogP contribution in [0.1, 0.15) is 70.8 Å². The summed E-state index contributed by atoms with van der Waals surface area (Å²) < 4.78 is 5.49. The highest BCUT2D eigenvalue weighted by Crippen LogP contribution is 2.46. The van der Waals surface area contributed by atoms with Crippen LogP contribution in [-0.2, 0) is 11.8 Å². The Morgan fingerprint density at radius 3 is 2.66 bits per heavy atom. The fourth-order valence-corrected chi connectivity index (χ4v) is 6.29. The summed E-state index contributed by atoms with van der Waals surface area (Å²) >= 11 is 1.69. The summed E-state index contributed by atoms with van der Waals surface area (Å²) in [5.74, 6) is 0.885. The number of Topliss-reactive ketones (excluding diaryl/α,β-unsaturated/α-hetero) is 1. The van der Waals surface area contributed by atoms with Crippen molar-refractivity contribution in [3.8, 4) is 5.75 Å². The minimum Gasteiger partial charge on any atom is -0.496 e. The molecule has 1 aromatic carbocycles. The number of aromatic nitrogens is 2. The van der Waals surface area contributed by atoms with Crippen LogP contribution in [0.5, 0.6) is 5.75 Å². The van der Waals surface area contributed by atoms with E-state index in [1.165, 1.54) is 0 Å². The molecule has 0 saturated carbocycles. The number of H-pyrrole nitrogens is 1. The number of hydrogen-bond acceptors (Lipinski definition) is 5. The SMILES string of the molecule is COc1cc(C(=O)N2CCC3(CC2)CC(=O)c2nc(C(C)(C)C)sc2C3)cc2[nH]ccc12. The van der Waals surface area contributed by atoms with Gasteiger partial charge in [0, 0.05) is 52.5 Å².